The SMILES string of the molecule is CCCCN1CCCC2(CCC(=O)N2CC2CCCO2)CC1. The summed E-state index contributed by atoms with van der Waals surface area (Å²) in [5, 5.41) is 0. The lowest BCUT2D eigenvalue weighted by molar-refractivity contribution is -0.133. The fourth-order valence-corrected chi connectivity index (χ4v) is 4.52. The molecule has 0 saturated carbocycles. The van der Waals surface area contributed by atoms with Gasteiger partial charge in [0.15, 0.2) is 0 Å². The van der Waals surface area contributed by atoms with Gasteiger partial charge in [-0.25, -0.2) is 0 Å². The molecule has 0 aliphatic carbocycles. The summed E-state index contributed by atoms with van der Waals surface area (Å²) >= 11 is 0. The van der Waals surface area contributed by atoms with Gasteiger partial charge in [-0.2, -0.15) is 0 Å². The maximum atomic E-state index is 12.5. The topological polar surface area (TPSA) is 32.8 Å². The van der Waals surface area contributed by atoms with Crippen molar-refractivity contribution in [1.82, 2.24) is 9.80 Å². The van der Waals surface area contributed by atoms with E-state index in [-0.39, 0.29) is 5.54 Å². The molecule has 3 aliphatic heterocycles. The predicted molar refractivity (Wildman–Crippen MR) is 87.9 cm³/mol. The highest BCUT2D eigenvalue weighted by Crippen LogP contribution is 2.39. The van der Waals surface area contributed by atoms with Crippen molar-refractivity contribution in [2.24, 2.45) is 0 Å². The molecular formula is C18H32N2O2. The molecule has 3 saturated heterocycles. The first kappa shape index (κ1) is 16.3. The van der Waals surface area contributed by atoms with E-state index in [1.165, 1.54) is 38.8 Å². The van der Waals surface area contributed by atoms with Crippen LogP contribution in [0, 0.1) is 0 Å². The fourth-order valence-electron chi connectivity index (χ4n) is 4.52. The number of amides is 1. The van der Waals surface area contributed by atoms with E-state index in [9.17, 15) is 4.79 Å². The third-order valence-electron chi connectivity index (χ3n) is 5.93. The Hall–Kier alpha value is -0.610. The van der Waals surface area contributed by atoms with Gasteiger partial charge in [-0.3, -0.25) is 4.79 Å². The minimum absolute atomic E-state index is 0.143. The summed E-state index contributed by atoms with van der Waals surface area (Å²) in [4.78, 5) is 17.3. The van der Waals surface area contributed by atoms with Gasteiger partial charge in [-0.1, -0.05) is 13.3 Å². The molecule has 1 spiro atoms. The fraction of sp³-hybridized carbons (Fsp3) is 0.944. The molecule has 1 amide bonds. The highest BCUT2D eigenvalue weighted by atomic mass is 16.5. The van der Waals surface area contributed by atoms with Crippen LogP contribution in [-0.2, 0) is 9.53 Å². The van der Waals surface area contributed by atoms with E-state index in [0.717, 1.165) is 51.8 Å². The zero-order chi connectivity index (χ0) is 15.4. The largest absolute Gasteiger partial charge is 0.376 e. The molecule has 3 rings (SSSR count). The van der Waals surface area contributed by atoms with Crippen molar-refractivity contribution in [1.29, 1.82) is 0 Å². The molecule has 2 unspecified atom stereocenters. The average molecular weight is 308 g/mol. The van der Waals surface area contributed by atoms with Crippen molar-refractivity contribution in [3.05, 3.63) is 0 Å². The first-order chi connectivity index (χ1) is 10.7. The minimum Gasteiger partial charge on any atom is -0.376 e. The molecule has 3 heterocycles. The minimum atomic E-state index is 0.143. The third kappa shape index (κ3) is 3.48. The lowest BCUT2D eigenvalue weighted by Gasteiger charge is -2.39. The lowest BCUT2D eigenvalue weighted by Crippen LogP contribution is -2.49. The molecule has 0 N–H and O–H groups in total. The first-order valence-corrected chi connectivity index (χ1v) is 9.38. The number of hydrogen-bond donors (Lipinski definition) is 0. The molecule has 0 aromatic carbocycles. The van der Waals surface area contributed by atoms with Crippen LogP contribution in [0.4, 0.5) is 0 Å². The number of hydrogen-bond acceptors (Lipinski definition) is 3. The van der Waals surface area contributed by atoms with Crippen LogP contribution >= 0.6 is 0 Å². The Bertz CT molecular complexity index is 381. The highest BCUT2D eigenvalue weighted by molar-refractivity contribution is 5.79. The van der Waals surface area contributed by atoms with E-state index < -0.39 is 0 Å². The molecule has 126 valence electrons. The molecule has 0 bridgehead atoms. The van der Waals surface area contributed by atoms with Gasteiger partial charge in [0.25, 0.3) is 0 Å². The lowest BCUT2D eigenvalue weighted by atomic mass is 9.87. The maximum absolute atomic E-state index is 12.5. The molecule has 3 aliphatic rings. The zero-order valence-corrected chi connectivity index (χ0v) is 14.2. The molecule has 0 radical (unpaired) electrons. The normalized spacial score (nSPS) is 33.8. The van der Waals surface area contributed by atoms with Gasteiger partial charge in [-0.05, 0) is 58.0 Å². The van der Waals surface area contributed by atoms with Crippen LogP contribution in [0.2, 0.25) is 0 Å². The van der Waals surface area contributed by atoms with Gasteiger partial charge in [0.2, 0.25) is 5.91 Å². The second-order valence-corrected chi connectivity index (χ2v) is 7.41. The molecule has 0 aromatic rings. The molecule has 4 nitrogen and oxygen atoms in total. The molecule has 0 aromatic heterocycles. The Labute approximate surface area is 135 Å². The average Bonchev–Trinajstić information content (AvgIpc) is 3.07. The highest BCUT2D eigenvalue weighted by Gasteiger charge is 2.46. The third-order valence-corrected chi connectivity index (χ3v) is 5.93. The van der Waals surface area contributed by atoms with Crippen LogP contribution in [-0.4, -0.2) is 60.1 Å². The zero-order valence-electron chi connectivity index (χ0n) is 14.2. The number of nitrogens with zero attached hydrogens (tertiary/aromatic N) is 2. The second kappa shape index (κ2) is 7.31. The van der Waals surface area contributed by atoms with Crippen molar-refractivity contribution in [3.8, 4) is 0 Å². The summed E-state index contributed by atoms with van der Waals surface area (Å²) in [6, 6.07) is 0. The smallest absolute Gasteiger partial charge is 0.223 e. The van der Waals surface area contributed by atoms with E-state index in [0.29, 0.717) is 12.0 Å². The standard InChI is InChI=1S/C18H32N2O2/c1-2-3-11-19-12-5-8-18(10-13-19)9-7-17(21)20(18)15-16-6-4-14-22-16/h16H,2-15H2,1H3. The molecule has 2 atom stereocenters. The maximum Gasteiger partial charge on any atom is 0.223 e. The Morgan fingerprint density at radius 1 is 1.23 bits per heavy atom. The quantitative estimate of drug-likeness (QED) is 0.783. The van der Waals surface area contributed by atoms with E-state index >= 15 is 0 Å². The number of likely N-dealkylation sites (tertiary alicyclic amines) is 2. The number of carbonyl (C=O) groups is 1. The van der Waals surface area contributed by atoms with Crippen LogP contribution < -0.4 is 0 Å². The van der Waals surface area contributed by atoms with Crippen LogP contribution in [0.25, 0.3) is 0 Å². The Balaban J connectivity index is 1.63. The van der Waals surface area contributed by atoms with Gasteiger partial charge in [-0.15, -0.1) is 0 Å². The predicted octanol–water partition coefficient (Wildman–Crippen LogP) is 2.81. The van der Waals surface area contributed by atoms with Gasteiger partial charge in [0.05, 0.1) is 6.10 Å². The summed E-state index contributed by atoms with van der Waals surface area (Å²) in [5.74, 6) is 0.373. The van der Waals surface area contributed by atoms with Crippen molar-refractivity contribution in [2.75, 3.05) is 32.8 Å². The Morgan fingerprint density at radius 3 is 2.91 bits per heavy atom. The van der Waals surface area contributed by atoms with E-state index in [1.54, 1.807) is 0 Å². The monoisotopic (exact) mass is 308 g/mol. The second-order valence-electron chi connectivity index (χ2n) is 7.41. The van der Waals surface area contributed by atoms with Crippen molar-refractivity contribution < 1.29 is 9.53 Å². The van der Waals surface area contributed by atoms with E-state index in [4.69, 9.17) is 4.74 Å². The van der Waals surface area contributed by atoms with E-state index in [1.807, 2.05) is 0 Å². The van der Waals surface area contributed by atoms with Gasteiger partial charge < -0.3 is 14.5 Å². The van der Waals surface area contributed by atoms with E-state index in [2.05, 4.69) is 16.7 Å². The van der Waals surface area contributed by atoms with Gasteiger partial charge in [0.1, 0.15) is 0 Å². The molecule has 3 fully saturated rings. The van der Waals surface area contributed by atoms with Crippen molar-refractivity contribution in [2.45, 2.75) is 76.4 Å². The Kier molecular flexibility index (Phi) is 5.40. The van der Waals surface area contributed by atoms with Crippen LogP contribution in [0.3, 0.4) is 0 Å². The van der Waals surface area contributed by atoms with Crippen LogP contribution in [0.1, 0.15) is 64.7 Å². The first-order valence-electron chi connectivity index (χ1n) is 9.38. The number of unbranched alkanes of at least 4 members (excludes halogenated alkanes) is 1. The summed E-state index contributed by atoms with van der Waals surface area (Å²) in [6.07, 6.45) is 10.5. The van der Waals surface area contributed by atoms with Gasteiger partial charge >= 0.3 is 0 Å². The van der Waals surface area contributed by atoms with Crippen LogP contribution in [0.15, 0.2) is 0 Å². The van der Waals surface area contributed by atoms with Crippen molar-refractivity contribution in [3.63, 3.8) is 0 Å². The number of carbonyl (C=O) groups excluding carboxylic acids is 1. The number of rotatable bonds is 5. The van der Waals surface area contributed by atoms with Crippen molar-refractivity contribution >= 4 is 5.91 Å². The summed E-state index contributed by atoms with van der Waals surface area (Å²) in [6.45, 7) is 7.59. The molecule has 22 heavy (non-hydrogen) atoms. The summed E-state index contributed by atoms with van der Waals surface area (Å²) < 4.78 is 5.80. The number of ether oxygens (including phenoxy) is 1. The van der Waals surface area contributed by atoms with Gasteiger partial charge in [0, 0.05) is 31.7 Å². The summed E-state index contributed by atoms with van der Waals surface area (Å²) in [7, 11) is 0. The molecule has 4 heteroatoms. The Morgan fingerprint density at radius 2 is 2.14 bits per heavy atom. The molecular weight excluding hydrogens is 276 g/mol. The van der Waals surface area contributed by atoms with Crippen LogP contribution in [0.5, 0.6) is 0 Å². The summed E-state index contributed by atoms with van der Waals surface area (Å²) in [5.41, 5.74) is 0.143.